The summed E-state index contributed by atoms with van der Waals surface area (Å²) in [5.74, 6) is 0.262. The molecule has 0 aliphatic heterocycles. The Kier molecular flexibility index (Phi) is 3.66. The standard InChI is InChI=1S/C14H14N2O3/c1-9-3-4-13(19-2)11(5-9)16-14(18)12-6-10(8-17)7-15-12/h3-8,15H,1-2H3,(H,16,18). The van der Waals surface area contributed by atoms with E-state index < -0.39 is 0 Å². The minimum Gasteiger partial charge on any atom is -0.495 e. The van der Waals surface area contributed by atoms with Gasteiger partial charge in [-0.15, -0.1) is 0 Å². The Morgan fingerprint density at radius 3 is 2.79 bits per heavy atom. The largest absolute Gasteiger partial charge is 0.495 e. The van der Waals surface area contributed by atoms with Crippen molar-refractivity contribution in [1.29, 1.82) is 0 Å². The summed E-state index contributed by atoms with van der Waals surface area (Å²) >= 11 is 0. The number of H-pyrrole nitrogens is 1. The summed E-state index contributed by atoms with van der Waals surface area (Å²) in [4.78, 5) is 25.3. The number of anilines is 1. The van der Waals surface area contributed by atoms with Gasteiger partial charge < -0.3 is 15.0 Å². The fourth-order valence-corrected chi connectivity index (χ4v) is 1.72. The smallest absolute Gasteiger partial charge is 0.272 e. The van der Waals surface area contributed by atoms with Gasteiger partial charge in [-0.25, -0.2) is 0 Å². The molecule has 1 heterocycles. The number of benzene rings is 1. The van der Waals surface area contributed by atoms with Gasteiger partial charge in [-0.2, -0.15) is 0 Å². The molecule has 1 amide bonds. The molecular formula is C14H14N2O3. The van der Waals surface area contributed by atoms with Crippen LogP contribution in [0.4, 0.5) is 5.69 Å². The number of carbonyl (C=O) groups excluding carboxylic acids is 2. The van der Waals surface area contributed by atoms with Crippen LogP contribution in [0.3, 0.4) is 0 Å². The molecule has 0 unspecified atom stereocenters. The highest BCUT2D eigenvalue weighted by molar-refractivity contribution is 6.04. The lowest BCUT2D eigenvalue weighted by atomic mass is 10.2. The second-order valence-electron chi connectivity index (χ2n) is 4.12. The van der Waals surface area contributed by atoms with E-state index in [4.69, 9.17) is 4.74 Å². The van der Waals surface area contributed by atoms with E-state index in [1.54, 1.807) is 13.2 Å². The molecule has 1 aromatic carbocycles. The lowest BCUT2D eigenvalue weighted by molar-refractivity contribution is 0.102. The maximum absolute atomic E-state index is 12.0. The summed E-state index contributed by atoms with van der Waals surface area (Å²) in [7, 11) is 1.54. The Labute approximate surface area is 110 Å². The van der Waals surface area contributed by atoms with Gasteiger partial charge >= 0.3 is 0 Å². The number of amides is 1. The van der Waals surface area contributed by atoms with Crippen molar-refractivity contribution in [1.82, 2.24) is 4.98 Å². The Morgan fingerprint density at radius 1 is 1.37 bits per heavy atom. The summed E-state index contributed by atoms with van der Waals surface area (Å²) in [5, 5.41) is 2.74. The first kappa shape index (κ1) is 12.9. The van der Waals surface area contributed by atoms with E-state index in [-0.39, 0.29) is 5.91 Å². The molecule has 0 spiro atoms. The summed E-state index contributed by atoms with van der Waals surface area (Å²) < 4.78 is 5.18. The van der Waals surface area contributed by atoms with Crippen LogP contribution < -0.4 is 10.1 Å². The van der Waals surface area contributed by atoms with Crippen molar-refractivity contribution in [2.45, 2.75) is 6.92 Å². The third kappa shape index (κ3) is 2.82. The van der Waals surface area contributed by atoms with Gasteiger partial charge in [0.05, 0.1) is 12.8 Å². The molecule has 0 saturated carbocycles. The maximum Gasteiger partial charge on any atom is 0.272 e. The number of carbonyl (C=O) groups is 2. The van der Waals surface area contributed by atoms with Crippen molar-refractivity contribution < 1.29 is 14.3 Å². The Balaban J connectivity index is 2.23. The monoisotopic (exact) mass is 258 g/mol. The van der Waals surface area contributed by atoms with Crippen LogP contribution in [0.25, 0.3) is 0 Å². The Bertz CT molecular complexity index is 617. The van der Waals surface area contributed by atoms with Crippen molar-refractivity contribution in [2.24, 2.45) is 0 Å². The molecular weight excluding hydrogens is 244 g/mol. The van der Waals surface area contributed by atoms with Crippen LogP contribution in [0.2, 0.25) is 0 Å². The molecule has 5 nitrogen and oxygen atoms in total. The summed E-state index contributed by atoms with van der Waals surface area (Å²) in [5.41, 5.74) is 2.36. The molecule has 0 aliphatic rings. The topological polar surface area (TPSA) is 71.2 Å². The average Bonchev–Trinajstić information content (AvgIpc) is 2.88. The number of methoxy groups -OCH3 is 1. The van der Waals surface area contributed by atoms with E-state index >= 15 is 0 Å². The predicted octanol–water partition coefficient (Wildman–Crippen LogP) is 2.40. The number of aromatic nitrogens is 1. The van der Waals surface area contributed by atoms with Crippen LogP contribution in [0.15, 0.2) is 30.5 Å². The number of nitrogens with one attached hydrogen (secondary N) is 2. The zero-order valence-electron chi connectivity index (χ0n) is 10.7. The number of aromatic amines is 1. The first-order chi connectivity index (χ1) is 9.13. The van der Waals surface area contributed by atoms with E-state index in [0.29, 0.717) is 29.0 Å². The summed E-state index contributed by atoms with van der Waals surface area (Å²) in [6.45, 7) is 1.92. The van der Waals surface area contributed by atoms with Crippen molar-refractivity contribution in [3.05, 3.63) is 47.3 Å². The number of aryl methyl sites for hydroxylation is 1. The molecule has 2 N–H and O–H groups in total. The predicted molar refractivity (Wildman–Crippen MR) is 71.9 cm³/mol. The molecule has 0 radical (unpaired) electrons. The molecule has 2 aromatic rings. The highest BCUT2D eigenvalue weighted by Crippen LogP contribution is 2.25. The molecule has 0 aliphatic carbocycles. The van der Waals surface area contributed by atoms with Gasteiger partial charge in [-0.3, -0.25) is 9.59 Å². The third-order valence-electron chi connectivity index (χ3n) is 2.69. The van der Waals surface area contributed by atoms with Crippen molar-refractivity contribution in [3.8, 4) is 5.75 Å². The van der Waals surface area contributed by atoms with E-state index in [9.17, 15) is 9.59 Å². The minimum atomic E-state index is -0.322. The number of ether oxygens (including phenoxy) is 1. The molecule has 98 valence electrons. The quantitative estimate of drug-likeness (QED) is 0.827. The molecule has 19 heavy (non-hydrogen) atoms. The number of rotatable bonds is 4. The third-order valence-corrected chi connectivity index (χ3v) is 2.69. The molecule has 0 atom stereocenters. The molecule has 0 fully saturated rings. The van der Waals surface area contributed by atoms with Gasteiger partial charge in [0, 0.05) is 11.8 Å². The van der Waals surface area contributed by atoms with Gasteiger partial charge in [-0.05, 0) is 30.7 Å². The lowest BCUT2D eigenvalue weighted by Gasteiger charge is -2.10. The molecule has 5 heteroatoms. The van der Waals surface area contributed by atoms with Crippen LogP contribution in [-0.4, -0.2) is 24.3 Å². The lowest BCUT2D eigenvalue weighted by Crippen LogP contribution is -2.13. The highest BCUT2D eigenvalue weighted by atomic mass is 16.5. The van der Waals surface area contributed by atoms with Gasteiger partial charge in [0.2, 0.25) is 0 Å². The zero-order chi connectivity index (χ0) is 13.8. The first-order valence-electron chi connectivity index (χ1n) is 5.73. The molecule has 1 aromatic heterocycles. The zero-order valence-corrected chi connectivity index (χ0v) is 10.7. The highest BCUT2D eigenvalue weighted by Gasteiger charge is 2.11. The molecule has 2 rings (SSSR count). The average molecular weight is 258 g/mol. The fraction of sp³-hybridized carbons (Fsp3) is 0.143. The van der Waals surface area contributed by atoms with E-state index in [1.165, 1.54) is 12.3 Å². The van der Waals surface area contributed by atoms with Crippen LogP contribution in [0.1, 0.15) is 26.4 Å². The second kappa shape index (κ2) is 5.39. The Hall–Kier alpha value is -2.56. The fourth-order valence-electron chi connectivity index (χ4n) is 1.72. The van der Waals surface area contributed by atoms with E-state index in [2.05, 4.69) is 10.3 Å². The molecule has 0 bridgehead atoms. The Morgan fingerprint density at radius 2 is 2.16 bits per heavy atom. The van der Waals surface area contributed by atoms with Gasteiger partial charge in [-0.1, -0.05) is 6.07 Å². The molecule has 0 saturated heterocycles. The van der Waals surface area contributed by atoms with Gasteiger partial charge in [0.1, 0.15) is 11.4 Å². The van der Waals surface area contributed by atoms with Crippen LogP contribution in [0.5, 0.6) is 5.75 Å². The summed E-state index contributed by atoms with van der Waals surface area (Å²) in [6.07, 6.45) is 2.16. The van der Waals surface area contributed by atoms with Crippen LogP contribution in [0, 0.1) is 6.92 Å². The SMILES string of the molecule is COc1ccc(C)cc1NC(=O)c1cc(C=O)c[nH]1. The second-order valence-corrected chi connectivity index (χ2v) is 4.12. The van der Waals surface area contributed by atoms with Crippen LogP contribution >= 0.6 is 0 Å². The first-order valence-corrected chi connectivity index (χ1v) is 5.73. The van der Waals surface area contributed by atoms with Crippen molar-refractivity contribution >= 4 is 17.9 Å². The van der Waals surface area contributed by atoms with Gasteiger partial charge in [0.25, 0.3) is 5.91 Å². The van der Waals surface area contributed by atoms with Crippen molar-refractivity contribution in [2.75, 3.05) is 12.4 Å². The normalized spacial score (nSPS) is 10.0. The number of hydrogen-bond acceptors (Lipinski definition) is 3. The summed E-state index contributed by atoms with van der Waals surface area (Å²) in [6, 6.07) is 7.00. The maximum atomic E-state index is 12.0. The van der Waals surface area contributed by atoms with Crippen molar-refractivity contribution in [3.63, 3.8) is 0 Å². The van der Waals surface area contributed by atoms with E-state index in [0.717, 1.165) is 5.56 Å². The van der Waals surface area contributed by atoms with Crippen LogP contribution in [-0.2, 0) is 0 Å². The van der Waals surface area contributed by atoms with E-state index in [1.807, 2.05) is 19.1 Å². The number of hydrogen-bond donors (Lipinski definition) is 2. The minimum absolute atomic E-state index is 0.322. The number of aldehydes is 1. The van der Waals surface area contributed by atoms with Gasteiger partial charge in [0.15, 0.2) is 6.29 Å².